The SMILES string of the molecule is C=C/N=C(\C(C)=C(/C)N)N(CCCNC(=O)C(C)(C)C)/C(Sc1cc2c(cc1C)CCC2)=C(/C)CC. The summed E-state index contributed by atoms with van der Waals surface area (Å²) < 4.78 is 0. The Morgan fingerprint density at radius 2 is 1.86 bits per heavy atom. The van der Waals surface area contributed by atoms with Gasteiger partial charge in [-0.25, -0.2) is 4.99 Å². The van der Waals surface area contributed by atoms with Crippen molar-refractivity contribution in [1.82, 2.24) is 10.2 Å². The van der Waals surface area contributed by atoms with Gasteiger partial charge in [0, 0.05) is 40.9 Å². The van der Waals surface area contributed by atoms with Crippen LogP contribution in [0, 0.1) is 12.3 Å². The number of aliphatic imine (C=N–C) groups is 1. The predicted molar refractivity (Wildman–Crippen MR) is 156 cm³/mol. The number of aryl methyl sites for hydroxylation is 3. The molecule has 1 aliphatic carbocycles. The van der Waals surface area contributed by atoms with Gasteiger partial charge in [-0.3, -0.25) is 4.79 Å². The van der Waals surface area contributed by atoms with E-state index in [-0.39, 0.29) is 5.91 Å². The average Bonchev–Trinajstić information content (AvgIpc) is 3.27. The highest BCUT2D eigenvalue weighted by Crippen LogP contribution is 2.38. The Balaban J connectivity index is 2.47. The zero-order chi connectivity index (χ0) is 27.0. The van der Waals surface area contributed by atoms with Crippen molar-refractivity contribution in [3.8, 4) is 0 Å². The second-order valence-corrected chi connectivity index (χ2v) is 11.8. The van der Waals surface area contributed by atoms with Gasteiger partial charge in [-0.1, -0.05) is 52.1 Å². The molecule has 0 saturated carbocycles. The van der Waals surface area contributed by atoms with Crippen LogP contribution in [0.3, 0.4) is 0 Å². The maximum Gasteiger partial charge on any atom is 0.225 e. The van der Waals surface area contributed by atoms with E-state index >= 15 is 0 Å². The first-order chi connectivity index (χ1) is 16.9. The molecule has 0 unspecified atom stereocenters. The van der Waals surface area contributed by atoms with Gasteiger partial charge in [0.25, 0.3) is 0 Å². The van der Waals surface area contributed by atoms with E-state index in [2.05, 4.69) is 49.7 Å². The molecule has 2 rings (SSSR count). The Labute approximate surface area is 223 Å². The Hall–Kier alpha value is -2.47. The first kappa shape index (κ1) is 29.8. The Kier molecular flexibility index (Phi) is 10.9. The fourth-order valence-electron chi connectivity index (χ4n) is 4.10. The van der Waals surface area contributed by atoms with E-state index in [1.54, 1.807) is 6.20 Å². The third-order valence-electron chi connectivity index (χ3n) is 6.66. The summed E-state index contributed by atoms with van der Waals surface area (Å²) in [6.07, 6.45) is 6.86. The lowest BCUT2D eigenvalue weighted by Gasteiger charge is -2.31. The molecule has 0 aliphatic heterocycles. The molecule has 0 spiro atoms. The number of fused-ring (bicyclic) bond motifs is 1. The number of allylic oxidation sites excluding steroid dienone is 2. The summed E-state index contributed by atoms with van der Waals surface area (Å²) in [5.74, 6) is 0.868. The molecule has 0 radical (unpaired) electrons. The van der Waals surface area contributed by atoms with Crippen LogP contribution in [0.2, 0.25) is 0 Å². The van der Waals surface area contributed by atoms with Crippen molar-refractivity contribution >= 4 is 23.5 Å². The maximum absolute atomic E-state index is 12.4. The smallest absolute Gasteiger partial charge is 0.225 e. The third-order valence-corrected chi connectivity index (χ3v) is 8.08. The van der Waals surface area contributed by atoms with Gasteiger partial charge in [0.05, 0.1) is 5.03 Å². The van der Waals surface area contributed by atoms with Gasteiger partial charge < -0.3 is 16.0 Å². The van der Waals surface area contributed by atoms with Crippen LogP contribution in [-0.2, 0) is 17.6 Å². The molecule has 0 bridgehead atoms. The molecule has 0 aromatic heterocycles. The highest BCUT2D eigenvalue weighted by Gasteiger charge is 2.24. The molecule has 1 aromatic carbocycles. The number of nitrogens with two attached hydrogens (primary N) is 1. The van der Waals surface area contributed by atoms with Crippen LogP contribution in [0.4, 0.5) is 0 Å². The standard InChI is InChI=1S/C30H46N4OS/c1-10-20(3)28(36-26-19-25-15-12-14-24(25)18-21(26)4)34(27(32-11-2)22(5)23(6)31)17-13-16-33-29(35)30(7,8)9/h11,18-19H,2,10,12-17,31H2,1,3-9H3,(H,33,35)/b23-22+,28-20+,32-27+. The molecule has 5 nitrogen and oxygen atoms in total. The number of hydrogen-bond acceptors (Lipinski definition) is 4. The molecule has 0 saturated heterocycles. The molecule has 1 aliphatic rings. The van der Waals surface area contributed by atoms with E-state index in [1.807, 2.05) is 46.4 Å². The number of amides is 1. The van der Waals surface area contributed by atoms with E-state index in [9.17, 15) is 4.79 Å². The molecule has 6 heteroatoms. The number of carbonyl (C=O) groups is 1. The zero-order valence-corrected chi connectivity index (χ0v) is 24.5. The Morgan fingerprint density at radius 1 is 1.22 bits per heavy atom. The molecule has 0 atom stereocenters. The topological polar surface area (TPSA) is 70.7 Å². The van der Waals surface area contributed by atoms with Crippen LogP contribution < -0.4 is 11.1 Å². The summed E-state index contributed by atoms with van der Waals surface area (Å²) in [5, 5.41) is 4.25. The van der Waals surface area contributed by atoms with Crippen molar-refractivity contribution < 1.29 is 4.79 Å². The number of nitrogens with one attached hydrogen (secondary N) is 1. The summed E-state index contributed by atoms with van der Waals surface area (Å²) in [7, 11) is 0. The molecule has 1 amide bonds. The van der Waals surface area contributed by atoms with Crippen LogP contribution in [0.1, 0.15) is 84.4 Å². The van der Waals surface area contributed by atoms with Crippen molar-refractivity contribution in [2.24, 2.45) is 16.1 Å². The van der Waals surface area contributed by atoms with Crippen LogP contribution in [-0.4, -0.2) is 29.7 Å². The first-order valence-electron chi connectivity index (χ1n) is 13.1. The minimum atomic E-state index is -0.407. The number of amidine groups is 1. The van der Waals surface area contributed by atoms with Gasteiger partial charge in [0.1, 0.15) is 5.84 Å². The first-order valence-corrected chi connectivity index (χ1v) is 13.9. The number of nitrogens with zero attached hydrogens (tertiary/aromatic N) is 2. The van der Waals surface area contributed by atoms with Crippen LogP contribution in [0.25, 0.3) is 0 Å². The number of hydrogen-bond donors (Lipinski definition) is 2. The minimum absolute atomic E-state index is 0.0616. The van der Waals surface area contributed by atoms with E-state index in [0.717, 1.165) is 36.4 Å². The van der Waals surface area contributed by atoms with Crippen molar-refractivity contribution in [2.75, 3.05) is 13.1 Å². The van der Waals surface area contributed by atoms with Crippen molar-refractivity contribution in [1.29, 1.82) is 0 Å². The summed E-state index contributed by atoms with van der Waals surface area (Å²) in [6.45, 7) is 21.5. The molecular weight excluding hydrogens is 464 g/mol. The quantitative estimate of drug-likeness (QED) is 0.156. The Morgan fingerprint density at radius 3 is 2.42 bits per heavy atom. The number of rotatable bonds is 10. The van der Waals surface area contributed by atoms with Crippen molar-refractivity contribution in [3.05, 3.63) is 63.5 Å². The lowest BCUT2D eigenvalue weighted by Crippen LogP contribution is -2.38. The summed E-state index contributed by atoms with van der Waals surface area (Å²) in [6, 6.07) is 4.75. The Bertz CT molecular complexity index is 1060. The predicted octanol–water partition coefficient (Wildman–Crippen LogP) is 6.87. The number of benzene rings is 1. The monoisotopic (exact) mass is 510 g/mol. The van der Waals surface area contributed by atoms with Gasteiger partial charge in [0.15, 0.2) is 0 Å². The van der Waals surface area contributed by atoms with Crippen LogP contribution in [0.15, 0.2) is 56.7 Å². The van der Waals surface area contributed by atoms with Gasteiger partial charge in [-0.15, -0.1) is 0 Å². The van der Waals surface area contributed by atoms with Gasteiger partial charge in [-0.05, 0) is 88.1 Å². The maximum atomic E-state index is 12.4. The summed E-state index contributed by atoms with van der Waals surface area (Å²) >= 11 is 1.81. The van der Waals surface area contributed by atoms with Crippen molar-refractivity contribution in [2.45, 2.75) is 92.4 Å². The lowest BCUT2D eigenvalue weighted by atomic mass is 9.96. The molecule has 0 fully saturated rings. The van der Waals surface area contributed by atoms with E-state index in [1.165, 1.54) is 45.0 Å². The summed E-state index contributed by atoms with van der Waals surface area (Å²) in [5.41, 5.74) is 13.1. The molecular formula is C30H46N4OS. The normalized spacial score (nSPS) is 15.2. The lowest BCUT2D eigenvalue weighted by molar-refractivity contribution is -0.128. The fraction of sp³-hybridized carbons (Fsp3) is 0.533. The van der Waals surface area contributed by atoms with Gasteiger partial charge in [-0.2, -0.15) is 0 Å². The second kappa shape index (κ2) is 13.2. The third kappa shape index (κ3) is 7.76. The fourth-order valence-corrected chi connectivity index (χ4v) is 5.34. The van der Waals surface area contributed by atoms with Crippen LogP contribution in [0.5, 0.6) is 0 Å². The average molecular weight is 511 g/mol. The van der Waals surface area contributed by atoms with Crippen LogP contribution >= 0.6 is 11.8 Å². The largest absolute Gasteiger partial charge is 0.402 e. The number of carbonyl (C=O) groups excluding carboxylic acids is 1. The second-order valence-electron chi connectivity index (χ2n) is 10.7. The summed E-state index contributed by atoms with van der Waals surface area (Å²) in [4.78, 5) is 20.7. The molecule has 198 valence electrons. The number of thioether (sulfide) groups is 1. The molecule has 1 aromatic rings. The van der Waals surface area contributed by atoms with E-state index in [0.29, 0.717) is 13.1 Å². The highest BCUT2D eigenvalue weighted by molar-refractivity contribution is 8.03. The highest BCUT2D eigenvalue weighted by atomic mass is 32.2. The van der Waals surface area contributed by atoms with Crippen molar-refractivity contribution in [3.63, 3.8) is 0 Å². The molecule has 3 N–H and O–H groups in total. The van der Waals surface area contributed by atoms with Gasteiger partial charge in [0.2, 0.25) is 5.91 Å². The minimum Gasteiger partial charge on any atom is -0.402 e. The zero-order valence-electron chi connectivity index (χ0n) is 23.7. The molecule has 36 heavy (non-hydrogen) atoms. The van der Waals surface area contributed by atoms with E-state index in [4.69, 9.17) is 10.7 Å². The van der Waals surface area contributed by atoms with E-state index < -0.39 is 5.41 Å². The molecule has 0 heterocycles. The van der Waals surface area contributed by atoms with Gasteiger partial charge >= 0.3 is 0 Å².